The van der Waals surface area contributed by atoms with Crippen LogP contribution in [0.3, 0.4) is 0 Å². The van der Waals surface area contributed by atoms with E-state index in [1.54, 1.807) is 0 Å². The molecule has 2 rings (SSSR count). The van der Waals surface area contributed by atoms with E-state index in [1.807, 2.05) is 0 Å². The van der Waals surface area contributed by atoms with Crippen molar-refractivity contribution in [1.82, 2.24) is 9.36 Å². The minimum Gasteiger partial charge on any atom is -0.347 e. The zero-order chi connectivity index (χ0) is 9.42. The summed E-state index contributed by atoms with van der Waals surface area (Å²) in [7, 11) is 2.11. The van der Waals surface area contributed by atoms with Crippen LogP contribution in [0.2, 0.25) is 0 Å². The Bertz CT molecular complexity index is 291. The molecule has 0 atom stereocenters. The summed E-state index contributed by atoms with van der Waals surface area (Å²) in [5.74, 6) is 1.42. The molecule has 1 aliphatic rings. The molecule has 1 aromatic rings. The lowest BCUT2D eigenvalue weighted by Gasteiger charge is -2.12. The fourth-order valence-electron chi connectivity index (χ4n) is 1.22. The van der Waals surface area contributed by atoms with E-state index in [0.717, 1.165) is 17.0 Å². The molecule has 1 aromatic heterocycles. The van der Waals surface area contributed by atoms with Crippen molar-refractivity contribution in [2.45, 2.75) is 38.6 Å². The van der Waals surface area contributed by atoms with Crippen molar-refractivity contribution in [2.24, 2.45) is 0 Å². The van der Waals surface area contributed by atoms with Gasteiger partial charge in [-0.15, -0.1) is 0 Å². The van der Waals surface area contributed by atoms with E-state index in [9.17, 15) is 0 Å². The van der Waals surface area contributed by atoms with Crippen molar-refractivity contribution in [3.8, 4) is 0 Å². The molecule has 4 heteroatoms. The van der Waals surface area contributed by atoms with Gasteiger partial charge in [0, 0.05) is 30.5 Å². The highest BCUT2D eigenvalue weighted by atomic mass is 32.1. The normalized spacial score (nSPS) is 16.6. The molecular formula is C9H15N3S. The summed E-state index contributed by atoms with van der Waals surface area (Å²) in [6.07, 6.45) is 2.63. The highest BCUT2D eigenvalue weighted by Crippen LogP contribution is 2.31. The van der Waals surface area contributed by atoms with Gasteiger partial charge >= 0.3 is 0 Å². The second-order valence-electron chi connectivity index (χ2n) is 3.93. The summed E-state index contributed by atoms with van der Waals surface area (Å²) in [4.78, 5) is 6.76. The Morgan fingerprint density at radius 2 is 2.15 bits per heavy atom. The summed E-state index contributed by atoms with van der Waals surface area (Å²) >= 11 is 1.52. The minimum absolute atomic E-state index is 0.442. The van der Waals surface area contributed by atoms with Gasteiger partial charge in [0.2, 0.25) is 5.13 Å². The number of hydrogen-bond acceptors (Lipinski definition) is 4. The second-order valence-corrected chi connectivity index (χ2v) is 4.66. The number of rotatable bonds is 3. The summed E-state index contributed by atoms with van der Waals surface area (Å²) in [5, 5.41) is 1.08. The first-order valence-electron chi connectivity index (χ1n) is 4.75. The molecule has 72 valence electrons. The van der Waals surface area contributed by atoms with Gasteiger partial charge in [-0.3, -0.25) is 0 Å². The lowest BCUT2D eigenvalue weighted by Crippen LogP contribution is -2.19. The van der Waals surface area contributed by atoms with E-state index >= 15 is 0 Å². The molecule has 0 aliphatic heterocycles. The molecule has 0 radical (unpaired) electrons. The predicted molar refractivity (Wildman–Crippen MR) is 55.4 cm³/mol. The molecular weight excluding hydrogens is 182 g/mol. The monoisotopic (exact) mass is 197 g/mol. The summed E-state index contributed by atoms with van der Waals surface area (Å²) < 4.78 is 4.34. The van der Waals surface area contributed by atoms with Crippen molar-refractivity contribution in [1.29, 1.82) is 0 Å². The van der Waals surface area contributed by atoms with Crippen LogP contribution in [0, 0.1) is 0 Å². The minimum atomic E-state index is 0.442. The molecule has 13 heavy (non-hydrogen) atoms. The maximum atomic E-state index is 4.50. The molecule has 0 N–H and O–H groups in total. The maximum Gasteiger partial charge on any atom is 0.205 e. The van der Waals surface area contributed by atoms with Crippen LogP contribution in [0.15, 0.2) is 0 Å². The van der Waals surface area contributed by atoms with Crippen molar-refractivity contribution >= 4 is 16.7 Å². The van der Waals surface area contributed by atoms with E-state index in [2.05, 4.69) is 35.2 Å². The first kappa shape index (κ1) is 8.94. The fraction of sp³-hybridized carbons (Fsp3) is 0.778. The van der Waals surface area contributed by atoms with Gasteiger partial charge in [0.15, 0.2) is 0 Å². The van der Waals surface area contributed by atoms with Crippen molar-refractivity contribution in [2.75, 3.05) is 11.9 Å². The lowest BCUT2D eigenvalue weighted by atomic mass is 10.2. The number of nitrogens with zero attached hydrogens (tertiary/aromatic N) is 3. The van der Waals surface area contributed by atoms with Crippen molar-refractivity contribution in [3.63, 3.8) is 0 Å². The number of hydrogen-bond donors (Lipinski definition) is 0. The number of aromatic nitrogens is 2. The Morgan fingerprint density at radius 1 is 1.46 bits per heavy atom. The van der Waals surface area contributed by atoms with Crippen LogP contribution in [0.5, 0.6) is 0 Å². The van der Waals surface area contributed by atoms with Gasteiger partial charge in [0.25, 0.3) is 0 Å². The first-order chi connectivity index (χ1) is 6.18. The Labute approximate surface area is 83.0 Å². The summed E-state index contributed by atoms with van der Waals surface area (Å²) in [5.41, 5.74) is 0. The standard InChI is InChI=1S/C9H15N3S/c1-6(2)8-10-9(13-11-8)12(3)7-4-5-7/h6-7H,4-5H2,1-3H3. The van der Waals surface area contributed by atoms with Crippen LogP contribution in [0.1, 0.15) is 38.4 Å². The van der Waals surface area contributed by atoms with Crippen LogP contribution in [0.25, 0.3) is 0 Å². The molecule has 0 unspecified atom stereocenters. The Hall–Kier alpha value is -0.640. The molecule has 3 nitrogen and oxygen atoms in total. The Morgan fingerprint density at radius 3 is 2.62 bits per heavy atom. The van der Waals surface area contributed by atoms with Gasteiger partial charge in [-0.25, -0.2) is 4.98 Å². The largest absolute Gasteiger partial charge is 0.347 e. The average molecular weight is 197 g/mol. The molecule has 0 spiro atoms. The van der Waals surface area contributed by atoms with Gasteiger partial charge in [0.05, 0.1) is 0 Å². The zero-order valence-electron chi connectivity index (χ0n) is 8.32. The molecule has 1 aliphatic carbocycles. The third kappa shape index (κ3) is 1.82. The molecule has 0 aromatic carbocycles. The Balaban J connectivity index is 2.11. The van der Waals surface area contributed by atoms with Crippen LogP contribution in [-0.2, 0) is 0 Å². The zero-order valence-corrected chi connectivity index (χ0v) is 9.14. The highest BCUT2D eigenvalue weighted by molar-refractivity contribution is 7.09. The molecule has 0 amide bonds. The van der Waals surface area contributed by atoms with Crippen LogP contribution in [0.4, 0.5) is 5.13 Å². The van der Waals surface area contributed by atoms with Crippen LogP contribution in [-0.4, -0.2) is 22.4 Å². The number of anilines is 1. The van der Waals surface area contributed by atoms with Gasteiger partial charge in [-0.05, 0) is 12.8 Å². The quantitative estimate of drug-likeness (QED) is 0.744. The predicted octanol–water partition coefficient (Wildman–Crippen LogP) is 2.26. The van der Waals surface area contributed by atoms with Gasteiger partial charge in [-0.2, -0.15) is 4.37 Å². The molecule has 1 heterocycles. The third-order valence-electron chi connectivity index (χ3n) is 2.34. The van der Waals surface area contributed by atoms with E-state index < -0.39 is 0 Å². The first-order valence-corrected chi connectivity index (χ1v) is 5.52. The summed E-state index contributed by atoms with van der Waals surface area (Å²) in [6.45, 7) is 4.26. The van der Waals surface area contributed by atoms with Crippen LogP contribution >= 0.6 is 11.5 Å². The van der Waals surface area contributed by atoms with Crippen molar-refractivity contribution < 1.29 is 0 Å². The van der Waals surface area contributed by atoms with E-state index in [4.69, 9.17) is 0 Å². The topological polar surface area (TPSA) is 29.0 Å². The van der Waals surface area contributed by atoms with Crippen LogP contribution < -0.4 is 4.90 Å². The van der Waals surface area contributed by atoms with E-state index in [-0.39, 0.29) is 0 Å². The van der Waals surface area contributed by atoms with Gasteiger partial charge < -0.3 is 4.90 Å². The molecule has 0 saturated heterocycles. The molecule has 1 saturated carbocycles. The maximum absolute atomic E-state index is 4.50. The molecule has 0 bridgehead atoms. The lowest BCUT2D eigenvalue weighted by molar-refractivity contribution is 0.791. The summed E-state index contributed by atoms with van der Waals surface area (Å²) in [6, 6.07) is 0.730. The molecule has 1 fully saturated rings. The van der Waals surface area contributed by atoms with Crippen molar-refractivity contribution in [3.05, 3.63) is 5.82 Å². The average Bonchev–Trinajstić information content (AvgIpc) is 2.81. The van der Waals surface area contributed by atoms with E-state index in [1.165, 1.54) is 24.4 Å². The smallest absolute Gasteiger partial charge is 0.205 e. The highest BCUT2D eigenvalue weighted by Gasteiger charge is 2.28. The van der Waals surface area contributed by atoms with E-state index in [0.29, 0.717) is 5.92 Å². The third-order valence-corrected chi connectivity index (χ3v) is 3.16. The van der Waals surface area contributed by atoms with Gasteiger partial charge in [0.1, 0.15) is 5.82 Å². The second kappa shape index (κ2) is 3.25. The SMILES string of the molecule is CC(C)c1nsc(N(C)C2CC2)n1. The van der Waals surface area contributed by atoms with Gasteiger partial charge in [-0.1, -0.05) is 13.8 Å². The Kier molecular flexibility index (Phi) is 2.24. The fourth-order valence-corrected chi connectivity index (χ4v) is 2.06.